The van der Waals surface area contributed by atoms with Crippen molar-refractivity contribution in [2.45, 2.75) is 18.8 Å². The Labute approximate surface area is 87.2 Å². The first-order chi connectivity index (χ1) is 7.22. The summed E-state index contributed by atoms with van der Waals surface area (Å²) >= 11 is 0. The first-order valence-electron chi connectivity index (χ1n) is 4.87. The molecule has 4 nitrogen and oxygen atoms in total. The van der Waals surface area contributed by atoms with Gasteiger partial charge < -0.3 is 14.8 Å². The molecular weight excluding hydrogens is 194 g/mol. The fourth-order valence-electron chi connectivity index (χ4n) is 2.16. The Morgan fingerprint density at radius 3 is 2.80 bits per heavy atom. The van der Waals surface area contributed by atoms with Crippen molar-refractivity contribution in [1.29, 1.82) is 0 Å². The van der Waals surface area contributed by atoms with Crippen LogP contribution in [0.2, 0.25) is 0 Å². The Hall–Kier alpha value is -1.39. The number of carbonyl (C=O) groups excluding carboxylic acids is 1. The van der Waals surface area contributed by atoms with Crippen molar-refractivity contribution in [3.63, 3.8) is 0 Å². The van der Waals surface area contributed by atoms with E-state index in [9.17, 15) is 4.79 Å². The van der Waals surface area contributed by atoms with Crippen molar-refractivity contribution in [2.24, 2.45) is 0 Å². The lowest BCUT2D eigenvalue weighted by Gasteiger charge is -2.39. The van der Waals surface area contributed by atoms with Gasteiger partial charge in [-0.15, -0.1) is 0 Å². The molecule has 15 heavy (non-hydrogen) atoms. The number of amides is 1. The number of carbonyl (C=O) groups is 1. The third-order valence-corrected chi connectivity index (χ3v) is 3.01. The minimum Gasteiger partial charge on any atom is -0.338 e. The fraction of sp³-hybridized carbons (Fsp3) is 0.364. The minimum absolute atomic E-state index is 0.0628. The Bertz CT molecular complexity index is 428. The van der Waals surface area contributed by atoms with E-state index in [1.165, 1.54) is 0 Å². The zero-order valence-electron chi connectivity index (χ0n) is 8.32. The second-order valence-electron chi connectivity index (χ2n) is 3.99. The van der Waals surface area contributed by atoms with Gasteiger partial charge in [-0.05, 0) is 18.6 Å². The third kappa shape index (κ3) is 1.06. The molecule has 0 aromatic heterocycles. The van der Waals surface area contributed by atoms with E-state index in [4.69, 9.17) is 9.47 Å². The van der Waals surface area contributed by atoms with E-state index >= 15 is 0 Å². The van der Waals surface area contributed by atoms with E-state index in [0.717, 1.165) is 5.56 Å². The van der Waals surface area contributed by atoms with Gasteiger partial charge in [0.2, 0.25) is 0 Å². The lowest BCUT2D eigenvalue weighted by molar-refractivity contribution is -0.346. The lowest BCUT2D eigenvalue weighted by Crippen LogP contribution is -2.54. The molecule has 4 heteroatoms. The van der Waals surface area contributed by atoms with E-state index in [-0.39, 0.29) is 12.2 Å². The van der Waals surface area contributed by atoms with Crippen molar-refractivity contribution >= 4 is 5.91 Å². The highest BCUT2D eigenvalue weighted by Crippen LogP contribution is 2.37. The molecule has 0 radical (unpaired) electrons. The van der Waals surface area contributed by atoms with E-state index in [1.54, 1.807) is 0 Å². The Kier molecular flexibility index (Phi) is 1.66. The van der Waals surface area contributed by atoms with Crippen molar-refractivity contribution in [1.82, 2.24) is 5.32 Å². The maximum absolute atomic E-state index is 11.7. The van der Waals surface area contributed by atoms with Gasteiger partial charge in [-0.25, -0.2) is 0 Å². The summed E-state index contributed by atoms with van der Waals surface area (Å²) in [5.41, 5.74) is 1.10. The standard InChI is InChI=1S/C11H11NO3/c1-11(10-14-6-15-10)8-5-3-2-4-7(8)9(13)12-11/h2-5,10H,6H2,1H3,(H,12,13)/t11-/m0/s1. The van der Waals surface area contributed by atoms with Crippen LogP contribution in [0, 0.1) is 0 Å². The van der Waals surface area contributed by atoms with Crippen molar-refractivity contribution in [3.8, 4) is 0 Å². The highest BCUT2D eigenvalue weighted by atomic mass is 16.8. The average Bonchev–Trinajstić information content (AvgIpc) is 2.38. The summed E-state index contributed by atoms with van der Waals surface area (Å²) in [5, 5.41) is 2.91. The summed E-state index contributed by atoms with van der Waals surface area (Å²) in [4.78, 5) is 11.7. The summed E-state index contributed by atoms with van der Waals surface area (Å²) in [6.07, 6.45) is -0.370. The Morgan fingerprint density at radius 2 is 2.13 bits per heavy atom. The molecule has 3 rings (SSSR count). The molecule has 1 fully saturated rings. The van der Waals surface area contributed by atoms with Crippen LogP contribution in [0.3, 0.4) is 0 Å². The molecule has 1 atom stereocenters. The molecule has 0 unspecified atom stereocenters. The van der Waals surface area contributed by atoms with Gasteiger partial charge in [0.25, 0.3) is 5.91 Å². The number of ether oxygens (including phenoxy) is 2. The molecule has 78 valence electrons. The molecule has 2 aliphatic heterocycles. The summed E-state index contributed by atoms with van der Waals surface area (Å²) in [7, 11) is 0. The van der Waals surface area contributed by atoms with E-state index < -0.39 is 5.54 Å². The molecule has 0 saturated carbocycles. The molecular formula is C11H11NO3. The van der Waals surface area contributed by atoms with Crippen LogP contribution in [0.4, 0.5) is 0 Å². The van der Waals surface area contributed by atoms with E-state index in [2.05, 4.69) is 5.32 Å². The van der Waals surface area contributed by atoms with Gasteiger partial charge in [0.05, 0.1) is 0 Å². The summed E-state index contributed by atoms with van der Waals surface area (Å²) in [5.74, 6) is -0.0628. The van der Waals surface area contributed by atoms with Gasteiger partial charge in [0.15, 0.2) is 13.1 Å². The number of hydrogen-bond acceptors (Lipinski definition) is 3. The molecule has 2 heterocycles. The number of hydrogen-bond donors (Lipinski definition) is 1. The summed E-state index contributed by atoms with van der Waals surface area (Å²) in [6, 6.07) is 7.51. The number of rotatable bonds is 1. The van der Waals surface area contributed by atoms with Crippen LogP contribution in [0.1, 0.15) is 22.8 Å². The molecule has 1 N–H and O–H groups in total. The molecule has 1 saturated heterocycles. The molecule has 0 bridgehead atoms. The maximum atomic E-state index is 11.7. The number of nitrogens with one attached hydrogen (secondary N) is 1. The normalized spacial score (nSPS) is 29.5. The Balaban J connectivity index is 2.10. The highest BCUT2D eigenvalue weighted by molar-refractivity contribution is 6.00. The monoisotopic (exact) mass is 205 g/mol. The summed E-state index contributed by atoms with van der Waals surface area (Å²) in [6.45, 7) is 2.22. The largest absolute Gasteiger partial charge is 0.338 e. The smallest absolute Gasteiger partial charge is 0.252 e. The predicted octanol–water partition coefficient (Wildman–Crippen LogP) is 0.976. The molecule has 2 aliphatic rings. The van der Waals surface area contributed by atoms with Crippen molar-refractivity contribution in [2.75, 3.05) is 6.79 Å². The van der Waals surface area contributed by atoms with Crippen molar-refractivity contribution < 1.29 is 14.3 Å². The van der Waals surface area contributed by atoms with Crippen LogP contribution in [-0.4, -0.2) is 19.0 Å². The van der Waals surface area contributed by atoms with Gasteiger partial charge in [-0.1, -0.05) is 18.2 Å². The van der Waals surface area contributed by atoms with Gasteiger partial charge >= 0.3 is 0 Å². The van der Waals surface area contributed by atoms with Crippen LogP contribution in [0.25, 0.3) is 0 Å². The molecule has 1 aromatic rings. The van der Waals surface area contributed by atoms with Gasteiger partial charge in [-0.3, -0.25) is 4.79 Å². The quantitative estimate of drug-likeness (QED) is 0.743. The second-order valence-corrected chi connectivity index (χ2v) is 3.99. The SMILES string of the molecule is C[C@]1(C2OCO2)NC(=O)c2ccccc21. The predicted molar refractivity (Wildman–Crippen MR) is 52.1 cm³/mol. The topological polar surface area (TPSA) is 47.6 Å². The van der Waals surface area contributed by atoms with Crippen LogP contribution in [0.15, 0.2) is 24.3 Å². The zero-order chi connectivity index (χ0) is 10.5. The molecule has 0 spiro atoms. The highest BCUT2D eigenvalue weighted by Gasteiger charge is 2.49. The molecule has 1 aromatic carbocycles. The average molecular weight is 205 g/mol. The number of benzene rings is 1. The van der Waals surface area contributed by atoms with Crippen molar-refractivity contribution in [3.05, 3.63) is 35.4 Å². The second kappa shape index (κ2) is 2.81. The maximum Gasteiger partial charge on any atom is 0.252 e. The first kappa shape index (κ1) is 8.88. The molecule has 1 amide bonds. The van der Waals surface area contributed by atoms with Crippen LogP contribution >= 0.6 is 0 Å². The van der Waals surface area contributed by atoms with Crippen LogP contribution < -0.4 is 5.32 Å². The lowest BCUT2D eigenvalue weighted by atomic mass is 9.91. The van der Waals surface area contributed by atoms with Crippen LogP contribution in [-0.2, 0) is 15.0 Å². The fourth-order valence-corrected chi connectivity index (χ4v) is 2.16. The Morgan fingerprint density at radius 1 is 1.40 bits per heavy atom. The van der Waals surface area contributed by atoms with Gasteiger partial charge in [-0.2, -0.15) is 0 Å². The summed E-state index contributed by atoms with van der Waals surface area (Å²) < 4.78 is 10.6. The van der Waals surface area contributed by atoms with E-state index in [1.807, 2.05) is 31.2 Å². The minimum atomic E-state index is -0.550. The van der Waals surface area contributed by atoms with E-state index in [0.29, 0.717) is 12.4 Å². The van der Waals surface area contributed by atoms with Crippen LogP contribution in [0.5, 0.6) is 0 Å². The number of fused-ring (bicyclic) bond motifs is 1. The van der Waals surface area contributed by atoms with Gasteiger partial charge in [0, 0.05) is 5.56 Å². The molecule has 0 aliphatic carbocycles. The third-order valence-electron chi connectivity index (χ3n) is 3.01. The zero-order valence-corrected chi connectivity index (χ0v) is 8.32. The van der Waals surface area contributed by atoms with Gasteiger partial charge in [0.1, 0.15) is 5.54 Å². The first-order valence-corrected chi connectivity index (χ1v) is 4.87.